The normalized spacial score (nSPS) is 24.1. The number of anilines is 1. The maximum atomic E-state index is 10.2. The lowest BCUT2D eigenvalue weighted by atomic mass is 10.0. The van der Waals surface area contributed by atoms with Crippen LogP contribution in [-0.2, 0) is 0 Å². The van der Waals surface area contributed by atoms with Crippen molar-refractivity contribution in [2.24, 2.45) is 0 Å². The van der Waals surface area contributed by atoms with Gasteiger partial charge in [-0.2, -0.15) is 5.26 Å². The third-order valence-corrected chi connectivity index (χ3v) is 3.85. The van der Waals surface area contributed by atoms with Crippen molar-refractivity contribution in [3.63, 3.8) is 0 Å². The number of hydrogen-bond acceptors (Lipinski definition) is 3. The highest BCUT2D eigenvalue weighted by Crippen LogP contribution is 2.27. The zero-order valence-corrected chi connectivity index (χ0v) is 10.8. The highest BCUT2D eigenvalue weighted by atomic mass is 16.3. The fourth-order valence-corrected chi connectivity index (χ4v) is 2.77. The quantitative estimate of drug-likeness (QED) is 0.814. The summed E-state index contributed by atoms with van der Waals surface area (Å²) in [5, 5.41) is 19.4. The largest absolute Gasteiger partial charge is 0.391 e. The fourth-order valence-electron chi connectivity index (χ4n) is 2.77. The van der Waals surface area contributed by atoms with Crippen LogP contribution < -0.4 is 4.90 Å². The minimum Gasteiger partial charge on any atom is -0.391 e. The average Bonchev–Trinajstić information content (AvgIpc) is 2.62. The van der Waals surface area contributed by atoms with Crippen molar-refractivity contribution in [1.29, 1.82) is 5.26 Å². The van der Waals surface area contributed by atoms with Gasteiger partial charge in [0.15, 0.2) is 0 Å². The Morgan fingerprint density at radius 1 is 1.22 bits per heavy atom. The Morgan fingerprint density at radius 2 is 1.94 bits per heavy atom. The summed E-state index contributed by atoms with van der Waals surface area (Å²) in [5.74, 6) is 0. The maximum absolute atomic E-state index is 10.2. The lowest BCUT2D eigenvalue weighted by molar-refractivity contribution is 0.135. The van der Waals surface area contributed by atoms with E-state index in [1.807, 2.05) is 31.3 Å². The molecule has 1 saturated carbocycles. The second kappa shape index (κ2) is 5.88. The average molecular weight is 244 g/mol. The van der Waals surface area contributed by atoms with Crippen LogP contribution in [0.1, 0.15) is 37.7 Å². The first-order valence-corrected chi connectivity index (χ1v) is 6.64. The van der Waals surface area contributed by atoms with E-state index in [0.29, 0.717) is 5.56 Å². The van der Waals surface area contributed by atoms with Crippen molar-refractivity contribution in [1.82, 2.24) is 0 Å². The van der Waals surface area contributed by atoms with E-state index >= 15 is 0 Å². The van der Waals surface area contributed by atoms with Crippen LogP contribution in [-0.4, -0.2) is 24.3 Å². The molecule has 0 heterocycles. The number of benzene rings is 1. The van der Waals surface area contributed by atoms with E-state index in [0.717, 1.165) is 31.4 Å². The lowest BCUT2D eigenvalue weighted by Gasteiger charge is -2.33. The van der Waals surface area contributed by atoms with Gasteiger partial charge in [0.05, 0.1) is 23.4 Å². The van der Waals surface area contributed by atoms with E-state index in [-0.39, 0.29) is 12.1 Å². The van der Waals surface area contributed by atoms with Crippen LogP contribution in [0, 0.1) is 11.3 Å². The SMILES string of the molecule is CN(c1ccccc1C#N)C1CCCCCC1O. The van der Waals surface area contributed by atoms with Crippen molar-refractivity contribution >= 4 is 5.69 Å². The Labute approximate surface area is 109 Å². The minimum atomic E-state index is -0.288. The molecule has 1 aliphatic rings. The number of likely N-dealkylation sites (N-methyl/N-ethyl adjacent to an activating group) is 1. The molecule has 1 aromatic carbocycles. The van der Waals surface area contributed by atoms with Gasteiger partial charge in [0.1, 0.15) is 6.07 Å². The second-order valence-electron chi connectivity index (χ2n) is 5.01. The molecular weight excluding hydrogens is 224 g/mol. The van der Waals surface area contributed by atoms with Gasteiger partial charge in [0.2, 0.25) is 0 Å². The fraction of sp³-hybridized carbons (Fsp3) is 0.533. The summed E-state index contributed by atoms with van der Waals surface area (Å²) >= 11 is 0. The molecule has 0 spiro atoms. The lowest BCUT2D eigenvalue weighted by Crippen LogP contribution is -2.41. The van der Waals surface area contributed by atoms with Crippen molar-refractivity contribution in [2.45, 2.75) is 44.2 Å². The van der Waals surface area contributed by atoms with E-state index < -0.39 is 0 Å². The smallest absolute Gasteiger partial charge is 0.101 e. The maximum Gasteiger partial charge on any atom is 0.101 e. The molecule has 2 atom stereocenters. The summed E-state index contributed by atoms with van der Waals surface area (Å²) in [4.78, 5) is 2.08. The Bertz CT molecular complexity index is 438. The molecule has 0 aromatic heterocycles. The monoisotopic (exact) mass is 244 g/mol. The number of para-hydroxylation sites is 1. The molecule has 1 aliphatic carbocycles. The predicted octanol–water partition coefficient (Wildman–Crippen LogP) is 2.69. The van der Waals surface area contributed by atoms with E-state index in [9.17, 15) is 5.11 Å². The number of aliphatic hydroxyl groups excluding tert-OH is 1. The molecule has 3 nitrogen and oxygen atoms in total. The van der Waals surface area contributed by atoms with Crippen LogP contribution in [0.2, 0.25) is 0 Å². The van der Waals surface area contributed by atoms with Crippen LogP contribution in [0.25, 0.3) is 0 Å². The summed E-state index contributed by atoms with van der Waals surface area (Å²) in [6.45, 7) is 0. The number of nitrogens with zero attached hydrogens (tertiary/aromatic N) is 2. The Hall–Kier alpha value is -1.53. The zero-order valence-electron chi connectivity index (χ0n) is 10.8. The molecule has 2 unspecified atom stereocenters. The number of aliphatic hydroxyl groups is 1. The minimum absolute atomic E-state index is 0.127. The van der Waals surface area contributed by atoms with Gasteiger partial charge in [-0.1, -0.05) is 31.4 Å². The van der Waals surface area contributed by atoms with Crippen molar-refractivity contribution in [2.75, 3.05) is 11.9 Å². The summed E-state index contributed by atoms with van der Waals surface area (Å²) in [7, 11) is 1.98. The highest BCUT2D eigenvalue weighted by molar-refractivity contribution is 5.59. The van der Waals surface area contributed by atoms with Crippen LogP contribution in [0.3, 0.4) is 0 Å². The van der Waals surface area contributed by atoms with Crippen molar-refractivity contribution in [3.05, 3.63) is 29.8 Å². The molecule has 1 N–H and O–H groups in total. The standard InChI is InChI=1S/C15H20N2O/c1-17(13-8-6-5-7-12(13)11-16)14-9-3-2-4-10-15(14)18/h5-8,14-15,18H,2-4,9-10H2,1H3. The van der Waals surface area contributed by atoms with Gasteiger partial charge in [0.25, 0.3) is 0 Å². The van der Waals surface area contributed by atoms with Crippen LogP contribution in [0.4, 0.5) is 5.69 Å². The Kier molecular flexibility index (Phi) is 4.22. The van der Waals surface area contributed by atoms with Crippen LogP contribution >= 0.6 is 0 Å². The molecule has 1 fully saturated rings. The van der Waals surface area contributed by atoms with Gasteiger partial charge in [-0.25, -0.2) is 0 Å². The summed E-state index contributed by atoms with van der Waals surface area (Å²) in [6, 6.07) is 9.95. The molecule has 0 bridgehead atoms. The molecule has 1 aromatic rings. The third-order valence-electron chi connectivity index (χ3n) is 3.85. The van der Waals surface area contributed by atoms with Gasteiger partial charge < -0.3 is 10.0 Å². The van der Waals surface area contributed by atoms with Gasteiger partial charge in [-0.3, -0.25) is 0 Å². The third kappa shape index (κ3) is 2.65. The number of rotatable bonds is 2. The molecule has 0 saturated heterocycles. The van der Waals surface area contributed by atoms with Gasteiger partial charge >= 0.3 is 0 Å². The Balaban J connectivity index is 2.24. The molecule has 3 heteroatoms. The second-order valence-corrected chi connectivity index (χ2v) is 5.01. The molecule has 0 radical (unpaired) electrons. The molecule has 18 heavy (non-hydrogen) atoms. The van der Waals surface area contributed by atoms with Gasteiger partial charge in [-0.05, 0) is 25.0 Å². The first-order valence-electron chi connectivity index (χ1n) is 6.64. The van der Waals surface area contributed by atoms with E-state index in [1.54, 1.807) is 0 Å². The summed E-state index contributed by atoms with van der Waals surface area (Å²) in [5.41, 5.74) is 1.60. The van der Waals surface area contributed by atoms with Gasteiger partial charge in [-0.15, -0.1) is 0 Å². The molecular formula is C15H20N2O. The van der Waals surface area contributed by atoms with Crippen molar-refractivity contribution in [3.8, 4) is 6.07 Å². The van der Waals surface area contributed by atoms with Crippen LogP contribution in [0.15, 0.2) is 24.3 Å². The molecule has 0 amide bonds. The van der Waals surface area contributed by atoms with Gasteiger partial charge in [0, 0.05) is 7.05 Å². The Morgan fingerprint density at radius 3 is 2.72 bits per heavy atom. The first-order chi connectivity index (χ1) is 8.74. The highest BCUT2D eigenvalue weighted by Gasteiger charge is 2.26. The van der Waals surface area contributed by atoms with E-state index in [1.165, 1.54) is 6.42 Å². The van der Waals surface area contributed by atoms with E-state index in [2.05, 4.69) is 11.0 Å². The summed E-state index contributed by atoms with van der Waals surface area (Å²) in [6.07, 6.45) is 5.03. The molecule has 96 valence electrons. The topological polar surface area (TPSA) is 47.3 Å². The van der Waals surface area contributed by atoms with Crippen molar-refractivity contribution < 1.29 is 5.11 Å². The first kappa shape index (κ1) is 12.9. The predicted molar refractivity (Wildman–Crippen MR) is 72.4 cm³/mol. The molecule has 0 aliphatic heterocycles. The number of hydrogen-bond donors (Lipinski definition) is 1. The van der Waals surface area contributed by atoms with Crippen LogP contribution in [0.5, 0.6) is 0 Å². The summed E-state index contributed by atoms with van der Waals surface area (Å²) < 4.78 is 0. The molecule has 2 rings (SSSR count). The number of nitriles is 1. The van der Waals surface area contributed by atoms with E-state index in [4.69, 9.17) is 5.26 Å². The zero-order chi connectivity index (χ0) is 13.0.